The van der Waals surface area contributed by atoms with Gasteiger partial charge in [-0.15, -0.1) is 0 Å². The minimum atomic E-state index is -0.118. The summed E-state index contributed by atoms with van der Waals surface area (Å²) in [6.45, 7) is 1.47. The van der Waals surface area contributed by atoms with Crippen LogP contribution in [0.1, 0.15) is 17.3 Å². The molecule has 0 unspecified atom stereocenters. The molecule has 0 radical (unpaired) electrons. The Labute approximate surface area is 185 Å². The molecule has 6 heteroatoms. The van der Waals surface area contributed by atoms with Crippen LogP contribution in [0.4, 0.5) is 11.4 Å². The SMILES string of the molecule is CC(=O)Nc1ccc(-c2cncc3ccc(C(=O)N(C)c4ccc(Cl)cc4)cc23)cc1. The molecule has 5 nitrogen and oxygen atoms in total. The molecule has 0 aliphatic carbocycles. The van der Waals surface area contributed by atoms with Gasteiger partial charge >= 0.3 is 0 Å². The molecule has 0 saturated heterocycles. The summed E-state index contributed by atoms with van der Waals surface area (Å²) >= 11 is 5.96. The Morgan fingerprint density at radius 2 is 1.65 bits per heavy atom. The number of aromatic nitrogens is 1. The van der Waals surface area contributed by atoms with E-state index in [2.05, 4.69) is 10.3 Å². The van der Waals surface area contributed by atoms with Crippen molar-refractivity contribution in [3.63, 3.8) is 0 Å². The summed E-state index contributed by atoms with van der Waals surface area (Å²) in [4.78, 5) is 30.3. The maximum Gasteiger partial charge on any atom is 0.258 e. The van der Waals surface area contributed by atoms with Gasteiger partial charge in [-0.1, -0.05) is 29.8 Å². The lowest BCUT2D eigenvalue weighted by Crippen LogP contribution is -2.26. The summed E-state index contributed by atoms with van der Waals surface area (Å²) in [5, 5.41) is 5.25. The van der Waals surface area contributed by atoms with Crippen LogP contribution in [0.5, 0.6) is 0 Å². The second-order valence-electron chi connectivity index (χ2n) is 7.22. The Hall–Kier alpha value is -3.70. The van der Waals surface area contributed by atoms with E-state index in [1.54, 1.807) is 36.5 Å². The fourth-order valence-corrected chi connectivity index (χ4v) is 3.56. The van der Waals surface area contributed by atoms with E-state index in [0.29, 0.717) is 10.6 Å². The normalized spacial score (nSPS) is 10.7. The fourth-order valence-electron chi connectivity index (χ4n) is 3.44. The number of hydrogen-bond donors (Lipinski definition) is 1. The van der Waals surface area contributed by atoms with E-state index in [-0.39, 0.29) is 11.8 Å². The van der Waals surface area contributed by atoms with Crippen LogP contribution in [0, 0.1) is 0 Å². The Morgan fingerprint density at radius 1 is 0.935 bits per heavy atom. The van der Waals surface area contributed by atoms with Crippen molar-refractivity contribution in [1.29, 1.82) is 0 Å². The Morgan fingerprint density at radius 3 is 2.32 bits per heavy atom. The molecule has 1 aromatic heterocycles. The summed E-state index contributed by atoms with van der Waals surface area (Å²) < 4.78 is 0. The zero-order valence-electron chi connectivity index (χ0n) is 17.1. The first kappa shape index (κ1) is 20.6. The van der Waals surface area contributed by atoms with Gasteiger partial charge in [0.25, 0.3) is 5.91 Å². The van der Waals surface area contributed by atoms with Crippen molar-refractivity contribution in [3.8, 4) is 11.1 Å². The van der Waals surface area contributed by atoms with E-state index in [0.717, 1.165) is 33.3 Å². The second-order valence-corrected chi connectivity index (χ2v) is 7.66. The van der Waals surface area contributed by atoms with E-state index in [9.17, 15) is 9.59 Å². The van der Waals surface area contributed by atoms with Gasteiger partial charge in [-0.3, -0.25) is 14.6 Å². The highest BCUT2D eigenvalue weighted by Gasteiger charge is 2.15. The molecular weight excluding hydrogens is 410 g/mol. The van der Waals surface area contributed by atoms with Crippen molar-refractivity contribution < 1.29 is 9.59 Å². The summed E-state index contributed by atoms with van der Waals surface area (Å²) in [6, 6.07) is 20.3. The number of carbonyl (C=O) groups is 2. The van der Waals surface area contributed by atoms with Crippen molar-refractivity contribution in [2.24, 2.45) is 0 Å². The zero-order chi connectivity index (χ0) is 22.0. The van der Waals surface area contributed by atoms with Crippen LogP contribution < -0.4 is 10.2 Å². The molecular formula is C25H20ClN3O2. The fraction of sp³-hybridized carbons (Fsp3) is 0.0800. The number of anilines is 2. The van der Waals surface area contributed by atoms with E-state index in [1.165, 1.54) is 6.92 Å². The van der Waals surface area contributed by atoms with Crippen molar-refractivity contribution >= 4 is 45.6 Å². The van der Waals surface area contributed by atoms with Gasteiger partial charge in [-0.05, 0) is 59.5 Å². The molecule has 1 N–H and O–H groups in total. The van der Waals surface area contributed by atoms with Gasteiger partial charge in [0.2, 0.25) is 5.91 Å². The molecule has 0 bridgehead atoms. The number of nitrogens with one attached hydrogen (secondary N) is 1. The number of benzene rings is 3. The van der Waals surface area contributed by atoms with Crippen LogP contribution in [0.25, 0.3) is 21.9 Å². The highest BCUT2D eigenvalue weighted by atomic mass is 35.5. The van der Waals surface area contributed by atoms with Crippen LogP contribution in [-0.2, 0) is 4.79 Å². The monoisotopic (exact) mass is 429 g/mol. The van der Waals surface area contributed by atoms with E-state index in [1.807, 2.05) is 54.6 Å². The topological polar surface area (TPSA) is 62.3 Å². The summed E-state index contributed by atoms with van der Waals surface area (Å²) in [7, 11) is 1.74. The maximum atomic E-state index is 13.1. The molecule has 4 rings (SSSR count). The number of pyridine rings is 1. The number of hydrogen-bond acceptors (Lipinski definition) is 3. The predicted molar refractivity (Wildman–Crippen MR) is 126 cm³/mol. The van der Waals surface area contributed by atoms with Gasteiger partial charge in [-0.25, -0.2) is 0 Å². The maximum absolute atomic E-state index is 13.1. The summed E-state index contributed by atoms with van der Waals surface area (Å²) in [5.41, 5.74) is 3.92. The average Bonchev–Trinajstić information content (AvgIpc) is 2.78. The Balaban J connectivity index is 1.71. The number of rotatable bonds is 4. The number of carbonyl (C=O) groups excluding carboxylic acids is 2. The molecule has 4 aromatic rings. The van der Waals surface area contributed by atoms with Crippen molar-refractivity contribution in [1.82, 2.24) is 4.98 Å². The molecule has 0 aliphatic heterocycles. The van der Waals surface area contributed by atoms with Crippen molar-refractivity contribution in [3.05, 3.63) is 89.7 Å². The molecule has 1 heterocycles. The standard InChI is InChI=1S/C25H20ClN3O2/c1-16(30)28-21-9-5-17(6-10-21)24-15-27-14-19-4-3-18(13-23(19)24)25(31)29(2)22-11-7-20(26)8-12-22/h3-15H,1-2H3,(H,28,30). The molecule has 0 atom stereocenters. The molecule has 0 fully saturated rings. The van der Waals surface area contributed by atoms with Crippen LogP contribution in [0.15, 0.2) is 79.1 Å². The van der Waals surface area contributed by atoms with Gasteiger partial charge in [0.05, 0.1) is 0 Å². The second kappa shape index (κ2) is 8.58. The third kappa shape index (κ3) is 4.42. The van der Waals surface area contributed by atoms with Crippen LogP contribution >= 0.6 is 11.6 Å². The first-order valence-electron chi connectivity index (χ1n) is 9.72. The minimum Gasteiger partial charge on any atom is -0.326 e. The van der Waals surface area contributed by atoms with Crippen LogP contribution in [0.3, 0.4) is 0 Å². The van der Waals surface area contributed by atoms with Gasteiger partial charge in [0.15, 0.2) is 0 Å². The molecule has 3 aromatic carbocycles. The molecule has 2 amide bonds. The quantitative estimate of drug-likeness (QED) is 0.446. The lowest BCUT2D eigenvalue weighted by atomic mass is 9.98. The Bertz CT molecular complexity index is 1270. The molecule has 0 saturated carbocycles. The van der Waals surface area contributed by atoms with Gasteiger partial charge in [0.1, 0.15) is 0 Å². The number of nitrogens with zero attached hydrogens (tertiary/aromatic N) is 2. The zero-order valence-corrected chi connectivity index (χ0v) is 17.9. The van der Waals surface area contributed by atoms with Crippen LogP contribution in [-0.4, -0.2) is 23.8 Å². The highest BCUT2D eigenvalue weighted by molar-refractivity contribution is 6.30. The smallest absolute Gasteiger partial charge is 0.258 e. The number of halogens is 1. The summed E-state index contributed by atoms with van der Waals surface area (Å²) in [6.07, 6.45) is 3.56. The third-order valence-corrected chi connectivity index (χ3v) is 5.29. The van der Waals surface area contributed by atoms with Crippen molar-refractivity contribution in [2.45, 2.75) is 6.92 Å². The lowest BCUT2D eigenvalue weighted by Gasteiger charge is -2.18. The van der Waals surface area contributed by atoms with Crippen molar-refractivity contribution in [2.75, 3.05) is 17.3 Å². The van der Waals surface area contributed by atoms with Gasteiger partial charge in [-0.2, -0.15) is 0 Å². The Kier molecular flexibility index (Phi) is 5.69. The van der Waals surface area contributed by atoms with E-state index < -0.39 is 0 Å². The highest BCUT2D eigenvalue weighted by Crippen LogP contribution is 2.30. The summed E-state index contributed by atoms with van der Waals surface area (Å²) in [5.74, 6) is -0.236. The first-order chi connectivity index (χ1) is 14.9. The number of fused-ring (bicyclic) bond motifs is 1. The molecule has 0 spiro atoms. The molecule has 0 aliphatic rings. The van der Waals surface area contributed by atoms with E-state index in [4.69, 9.17) is 11.6 Å². The molecule has 31 heavy (non-hydrogen) atoms. The molecule has 154 valence electrons. The van der Waals surface area contributed by atoms with Gasteiger partial charge < -0.3 is 10.2 Å². The minimum absolute atomic E-state index is 0.118. The number of amides is 2. The predicted octanol–water partition coefficient (Wildman–Crippen LogP) is 5.79. The average molecular weight is 430 g/mol. The largest absolute Gasteiger partial charge is 0.326 e. The third-order valence-electron chi connectivity index (χ3n) is 5.04. The van der Waals surface area contributed by atoms with Gasteiger partial charge in [0, 0.05) is 59.3 Å². The lowest BCUT2D eigenvalue weighted by molar-refractivity contribution is -0.114. The van der Waals surface area contributed by atoms with Crippen LogP contribution in [0.2, 0.25) is 5.02 Å². The first-order valence-corrected chi connectivity index (χ1v) is 10.1. The van der Waals surface area contributed by atoms with E-state index >= 15 is 0 Å².